The molecule has 4 nitrogen and oxygen atoms in total. The molecule has 1 N–H and O–H groups in total. The lowest BCUT2D eigenvalue weighted by atomic mass is 9.92. The number of carbonyl (C=O) groups is 1. The number of piperidine rings is 1. The molecule has 1 amide bonds. The van der Waals surface area contributed by atoms with Gasteiger partial charge in [0, 0.05) is 19.1 Å². The van der Waals surface area contributed by atoms with Crippen LogP contribution in [0, 0.1) is 5.92 Å². The van der Waals surface area contributed by atoms with Crippen LogP contribution in [0.3, 0.4) is 0 Å². The van der Waals surface area contributed by atoms with Crippen molar-refractivity contribution in [1.29, 1.82) is 0 Å². The Bertz CT molecular complexity index is 221. The highest BCUT2D eigenvalue weighted by Crippen LogP contribution is 2.20. The first-order valence-electron chi connectivity index (χ1n) is 6.27. The van der Waals surface area contributed by atoms with E-state index < -0.39 is 0 Å². The molecule has 0 aromatic heterocycles. The number of nitrogens with one attached hydrogen (secondary N) is 1. The monoisotopic (exact) mass is 228 g/mol. The first kappa shape index (κ1) is 13.3. The van der Waals surface area contributed by atoms with Gasteiger partial charge in [-0.2, -0.15) is 0 Å². The second-order valence-corrected chi connectivity index (χ2v) is 4.54. The Kier molecular flexibility index (Phi) is 5.60. The average Bonchev–Trinajstić information content (AvgIpc) is 2.34. The van der Waals surface area contributed by atoms with Gasteiger partial charge in [-0.15, -0.1) is 0 Å². The molecule has 1 saturated heterocycles. The van der Waals surface area contributed by atoms with Crippen LogP contribution in [0.1, 0.15) is 33.1 Å². The van der Waals surface area contributed by atoms with Crippen LogP contribution < -0.4 is 5.32 Å². The third-order valence-electron chi connectivity index (χ3n) is 3.23. The summed E-state index contributed by atoms with van der Waals surface area (Å²) in [4.78, 5) is 13.3. The molecule has 0 spiro atoms. The molecule has 0 saturated carbocycles. The molecule has 2 unspecified atom stereocenters. The number of nitrogens with zero attached hydrogens (tertiary/aromatic N) is 1. The summed E-state index contributed by atoms with van der Waals surface area (Å²) in [6.45, 7) is 6.99. The van der Waals surface area contributed by atoms with Crippen molar-refractivity contribution in [2.75, 3.05) is 26.7 Å². The van der Waals surface area contributed by atoms with E-state index in [-0.39, 0.29) is 6.09 Å². The van der Waals surface area contributed by atoms with E-state index in [9.17, 15) is 4.79 Å². The van der Waals surface area contributed by atoms with Gasteiger partial charge >= 0.3 is 6.09 Å². The van der Waals surface area contributed by atoms with E-state index in [0.717, 1.165) is 32.5 Å². The Morgan fingerprint density at radius 2 is 2.19 bits per heavy atom. The molecule has 1 rings (SSSR count). The largest absolute Gasteiger partial charge is 0.453 e. The molecule has 0 aliphatic carbocycles. The van der Waals surface area contributed by atoms with Crippen LogP contribution >= 0.6 is 0 Å². The van der Waals surface area contributed by atoms with Crippen molar-refractivity contribution in [2.45, 2.75) is 39.2 Å². The topological polar surface area (TPSA) is 41.6 Å². The zero-order chi connectivity index (χ0) is 12.0. The molecule has 1 fully saturated rings. The van der Waals surface area contributed by atoms with Crippen molar-refractivity contribution in [1.82, 2.24) is 10.2 Å². The fourth-order valence-corrected chi connectivity index (χ4v) is 2.27. The van der Waals surface area contributed by atoms with Gasteiger partial charge in [-0.1, -0.05) is 20.3 Å². The van der Waals surface area contributed by atoms with Crippen molar-refractivity contribution in [2.24, 2.45) is 5.92 Å². The number of likely N-dealkylation sites (tertiary alicyclic amines) is 1. The van der Waals surface area contributed by atoms with Crippen molar-refractivity contribution < 1.29 is 9.53 Å². The van der Waals surface area contributed by atoms with E-state index in [2.05, 4.69) is 19.2 Å². The van der Waals surface area contributed by atoms with Crippen molar-refractivity contribution >= 4 is 6.09 Å². The number of amides is 1. The molecule has 0 aromatic rings. The van der Waals surface area contributed by atoms with Crippen molar-refractivity contribution in [3.63, 3.8) is 0 Å². The number of rotatable bonds is 4. The number of methoxy groups -OCH3 is 1. The predicted octanol–water partition coefficient (Wildman–Crippen LogP) is 1.85. The Hall–Kier alpha value is -0.770. The van der Waals surface area contributed by atoms with E-state index in [4.69, 9.17) is 4.74 Å². The van der Waals surface area contributed by atoms with Crippen LogP contribution in [0.5, 0.6) is 0 Å². The van der Waals surface area contributed by atoms with Gasteiger partial charge < -0.3 is 15.0 Å². The van der Waals surface area contributed by atoms with E-state index in [0.29, 0.717) is 12.0 Å². The lowest BCUT2D eigenvalue weighted by Crippen LogP contribution is -2.51. The maximum Gasteiger partial charge on any atom is 0.409 e. The second kappa shape index (κ2) is 6.74. The van der Waals surface area contributed by atoms with E-state index in [1.807, 2.05) is 4.90 Å². The smallest absolute Gasteiger partial charge is 0.409 e. The molecule has 2 atom stereocenters. The molecule has 0 bridgehead atoms. The summed E-state index contributed by atoms with van der Waals surface area (Å²) in [6, 6.07) is 0.428. The fourth-order valence-electron chi connectivity index (χ4n) is 2.27. The molecule has 0 aromatic carbocycles. The standard InChI is InChI=1S/C12H24N2O2/c1-4-6-13-11-7-10(5-2)8-14(9-11)12(15)16-3/h10-11,13H,4-9H2,1-3H3. The normalized spacial score (nSPS) is 25.6. The zero-order valence-electron chi connectivity index (χ0n) is 10.7. The van der Waals surface area contributed by atoms with Crippen LogP contribution in [0.15, 0.2) is 0 Å². The molecule has 4 heteroatoms. The summed E-state index contributed by atoms with van der Waals surface area (Å²) >= 11 is 0. The minimum atomic E-state index is -0.193. The molecule has 1 aliphatic rings. The van der Waals surface area contributed by atoms with Gasteiger partial charge in [0.1, 0.15) is 0 Å². The molecular weight excluding hydrogens is 204 g/mol. The molecule has 1 aliphatic heterocycles. The second-order valence-electron chi connectivity index (χ2n) is 4.54. The van der Waals surface area contributed by atoms with E-state index >= 15 is 0 Å². The highest BCUT2D eigenvalue weighted by Gasteiger charge is 2.29. The number of ether oxygens (including phenoxy) is 1. The average molecular weight is 228 g/mol. The third kappa shape index (κ3) is 3.67. The molecule has 94 valence electrons. The lowest BCUT2D eigenvalue weighted by Gasteiger charge is -2.37. The summed E-state index contributed by atoms with van der Waals surface area (Å²) in [5, 5.41) is 3.50. The summed E-state index contributed by atoms with van der Waals surface area (Å²) < 4.78 is 4.79. The minimum absolute atomic E-state index is 0.193. The predicted molar refractivity (Wildman–Crippen MR) is 64.5 cm³/mol. The fraction of sp³-hybridized carbons (Fsp3) is 0.917. The summed E-state index contributed by atoms with van der Waals surface area (Å²) in [5.41, 5.74) is 0. The SMILES string of the molecule is CCCNC1CC(CC)CN(C(=O)OC)C1. The van der Waals surface area contributed by atoms with Gasteiger partial charge in [0.25, 0.3) is 0 Å². The van der Waals surface area contributed by atoms with Gasteiger partial charge in [-0.25, -0.2) is 4.79 Å². The van der Waals surface area contributed by atoms with E-state index in [1.165, 1.54) is 13.5 Å². The third-order valence-corrected chi connectivity index (χ3v) is 3.23. The number of hydrogen-bond donors (Lipinski definition) is 1. The van der Waals surface area contributed by atoms with Gasteiger partial charge in [0.05, 0.1) is 7.11 Å². The Labute approximate surface area is 98.3 Å². The van der Waals surface area contributed by atoms with Crippen LogP contribution in [0.2, 0.25) is 0 Å². The van der Waals surface area contributed by atoms with Crippen LogP contribution in [0.25, 0.3) is 0 Å². The zero-order valence-corrected chi connectivity index (χ0v) is 10.7. The van der Waals surface area contributed by atoms with Gasteiger partial charge in [0.15, 0.2) is 0 Å². The Balaban J connectivity index is 2.50. The maximum atomic E-state index is 11.5. The quantitative estimate of drug-likeness (QED) is 0.798. The number of hydrogen-bond acceptors (Lipinski definition) is 3. The molecular formula is C12H24N2O2. The highest BCUT2D eigenvalue weighted by atomic mass is 16.5. The maximum absolute atomic E-state index is 11.5. The molecule has 0 radical (unpaired) electrons. The van der Waals surface area contributed by atoms with Crippen LogP contribution in [0.4, 0.5) is 4.79 Å². The van der Waals surface area contributed by atoms with E-state index in [1.54, 1.807) is 0 Å². The van der Waals surface area contributed by atoms with Gasteiger partial charge in [0.2, 0.25) is 0 Å². The first-order chi connectivity index (χ1) is 7.71. The molecule has 16 heavy (non-hydrogen) atoms. The summed E-state index contributed by atoms with van der Waals surface area (Å²) in [7, 11) is 1.45. The van der Waals surface area contributed by atoms with Crippen molar-refractivity contribution in [3.05, 3.63) is 0 Å². The van der Waals surface area contributed by atoms with Gasteiger partial charge in [-0.05, 0) is 25.3 Å². The summed E-state index contributed by atoms with van der Waals surface area (Å²) in [5.74, 6) is 0.599. The van der Waals surface area contributed by atoms with Crippen LogP contribution in [-0.4, -0.2) is 43.8 Å². The highest BCUT2D eigenvalue weighted by molar-refractivity contribution is 5.67. The van der Waals surface area contributed by atoms with Gasteiger partial charge in [-0.3, -0.25) is 0 Å². The lowest BCUT2D eigenvalue weighted by molar-refractivity contribution is 0.0902. The first-order valence-corrected chi connectivity index (χ1v) is 6.27. The Morgan fingerprint density at radius 1 is 1.44 bits per heavy atom. The summed E-state index contributed by atoms with van der Waals surface area (Å²) in [6.07, 6.45) is 3.23. The number of carbonyl (C=O) groups excluding carboxylic acids is 1. The van der Waals surface area contributed by atoms with Crippen LogP contribution in [-0.2, 0) is 4.74 Å². The Morgan fingerprint density at radius 3 is 2.75 bits per heavy atom. The molecule has 1 heterocycles. The minimum Gasteiger partial charge on any atom is -0.453 e. The van der Waals surface area contributed by atoms with Crippen molar-refractivity contribution in [3.8, 4) is 0 Å².